The normalized spacial score (nSPS) is 21.9. The van der Waals surface area contributed by atoms with Gasteiger partial charge in [0.15, 0.2) is 5.65 Å². The molecule has 1 saturated heterocycles. The SMILES string of the molecule is CC(C)(C)C1C(Nc2nc(Cl)nc3[nH]ncc23)CCCN1C(=O)O. The molecule has 2 aromatic rings. The molecule has 1 amide bonds. The Balaban J connectivity index is 1.96. The lowest BCUT2D eigenvalue weighted by Gasteiger charge is -2.47. The van der Waals surface area contributed by atoms with Crippen molar-refractivity contribution in [2.24, 2.45) is 5.41 Å². The number of hydrogen-bond acceptors (Lipinski definition) is 5. The van der Waals surface area contributed by atoms with Gasteiger partial charge < -0.3 is 15.3 Å². The summed E-state index contributed by atoms with van der Waals surface area (Å²) in [6, 6.07) is -0.252. The monoisotopic (exact) mass is 352 g/mol. The number of carbonyl (C=O) groups is 1. The number of anilines is 1. The van der Waals surface area contributed by atoms with Gasteiger partial charge in [-0.25, -0.2) is 4.79 Å². The van der Waals surface area contributed by atoms with Crippen molar-refractivity contribution in [3.63, 3.8) is 0 Å². The Labute approximate surface area is 144 Å². The maximum atomic E-state index is 11.7. The number of piperidine rings is 1. The topological polar surface area (TPSA) is 107 Å². The lowest BCUT2D eigenvalue weighted by molar-refractivity contribution is 0.0519. The minimum Gasteiger partial charge on any atom is -0.465 e. The predicted molar refractivity (Wildman–Crippen MR) is 91.3 cm³/mol. The van der Waals surface area contributed by atoms with E-state index in [2.05, 4.69) is 25.5 Å². The first-order valence-electron chi connectivity index (χ1n) is 7.90. The molecule has 1 aliphatic heterocycles. The quantitative estimate of drug-likeness (QED) is 0.717. The summed E-state index contributed by atoms with van der Waals surface area (Å²) in [5, 5.41) is 20.6. The van der Waals surface area contributed by atoms with Crippen LogP contribution in [-0.2, 0) is 0 Å². The molecular weight excluding hydrogens is 332 g/mol. The molecule has 0 bridgehead atoms. The van der Waals surface area contributed by atoms with E-state index in [1.165, 1.54) is 4.90 Å². The molecule has 9 heteroatoms. The van der Waals surface area contributed by atoms with Gasteiger partial charge in [0.2, 0.25) is 5.28 Å². The smallest absolute Gasteiger partial charge is 0.407 e. The Morgan fingerprint density at radius 1 is 1.46 bits per heavy atom. The molecule has 8 nitrogen and oxygen atoms in total. The first-order valence-corrected chi connectivity index (χ1v) is 8.28. The highest BCUT2D eigenvalue weighted by molar-refractivity contribution is 6.28. The summed E-state index contributed by atoms with van der Waals surface area (Å²) < 4.78 is 0. The van der Waals surface area contributed by atoms with Crippen molar-refractivity contribution >= 4 is 34.5 Å². The van der Waals surface area contributed by atoms with E-state index in [4.69, 9.17) is 11.6 Å². The highest BCUT2D eigenvalue weighted by Crippen LogP contribution is 2.34. The number of rotatable bonds is 2. The average Bonchev–Trinajstić information content (AvgIpc) is 2.94. The van der Waals surface area contributed by atoms with Gasteiger partial charge in [-0.3, -0.25) is 5.10 Å². The third-order valence-electron chi connectivity index (χ3n) is 4.37. The van der Waals surface area contributed by atoms with Crippen LogP contribution in [0.1, 0.15) is 33.6 Å². The van der Waals surface area contributed by atoms with Crippen LogP contribution in [0.25, 0.3) is 11.0 Å². The van der Waals surface area contributed by atoms with Crippen molar-refractivity contribution in [2.45, 2.75) is 45.7 Å². The summed E-state index contributed by atoms with van der Waals surface area (Å²) in [6.07, 6.45) is 2.39. The minimum atomic E-state index is -0.893. The molecule has 3 N–H and O–H groups in total. The molecule has 0 spiro atoms. The molecule has 2 atom stereocenters. The van der Waals surface area contributed by atoms with E-state index in [0.29, 0.717) is 18.0 Å². The Hall–Kier alpha value is -2.09. The fraction of sp³-hybridized carbons (Fsp3) is 0.600. The van der Waals surface area contributed by atoms with Crippen LogP contribution < -0.4 is 5.32 Å². The van der Waals surface area contributed by atoms with Crippen LogP contribution in [0.4, 0.5) is 10.6 Å². The van der Waals surface area contributed by atoms with Crippen LogP contribution in [0.5, 0.6) is 0 Å². The lowest BCUT2D eigenvalue weighted by atomic mass is 9.77. The Bertz CT molecular complexity index is 756. The molecule has 0 aromatic carbocycles. The molecule has 0 saturated carbocycles. The minimum absolute atomic E-state index is 0.0704. The van der Waals surface area contributed by atoms with Crippen LogP contribution in [0.2, 0.25) is 5.28 Å². The molecule has 3 heterocycles. The first kappa shape index (κ1) is 16.8. The third-order valence-corrected chi connectivity index (χ3v) is 4.54. The van der Waals surface area contributed by atoms with Crippen molar-refractivity contribution in [1.82, 2.24) is 25.1 Å². The van der Waals surface area contributed by atoms with E-state index in [0.717, 1.165) is 18.2 Å². The number of nitrogens with one attached hydrogen (secondary N) is 2. The largest absolute Gasteiger partial charge is 0.465 e. The molecule has 3 rings (SSSR count). The fourth-order valence-corrected chi connectivity index (χ4v) is 3.69. The van der Waals surface area contributed by atoms with Crippen LogP contribution in [0, 0.1) is 5.41 Å². The standard InChI is InChI=1S/C15H21ClN6O2/c1-15(2,3)10-9(5-4-6-22(10)14(23)24)18-11-8-7-17-21-12(8)20-13(16)19-11/h7,9-10H,4-6H2,1-3H3,(H,23,24)(H2,17,18,19,20,21). The second-order valence-corrected chi connectivity index (χ2v) is 7.49. The molecule has 0 radical (unpaired) electrons. The van der Waals surface area contributed by atoms with Crippen molar-refractivity contribution in [3.05, 3.63) is 11.5 Å². The van der Waals surface area contributed by atoms with E-state index in [-0.39, 0.29) is 22.8 Å². The van der Waals surface area contributed by atoms with Crippen LogP contribution >= 0.6 is 11.6 Å². The first-order chi connectivity index (χ1) is 11.3. The van der Waals surface area contributed by atoms with Gasteiger partial charge in [0, 0.05) is 12.6 Å². The summed E-state index contributed by atoms with van der Waals surface area (Å²) in [5.74, 6) is 0.574. The zero-order chi connectivity index (χ0) is 17.5. The van der Waals surface area contributed by atoms with Crippen LogP contribution in [0.15, 0.2) is 6.20 Å². The Morgan fingerprint density at radius 2 is 2.21 bits per heavy atom. The predicted octanol–water partition coefficient (Wildman–Crippen LogP) is 2.98. The highest BCUT2D eigenvalue weighted by Gasteiger charge is 2.42. The molecule has 2 unspecified atom stereocenters. The average molecular weight is 353 g/mol. The molecule has 1 aliphatic rings. The number of carboxylic acid groups (broad SMARTS) is 1. The van der Waals surface area contributed by atoms with Crippen molar-refractivity contribution in [3.8, 4) is 0 Å². The van der Waals surface area contributed by atoms with E-state index in [1.807, 2.05) is 20.8 Å². The Morgan fingerprint density at radius 3 is 2.88 bits per heavy atom. The number of halogens is 1. The number of amides is 1. The van der Waals surface area contributed by atoms with Gasteiger partial charge in [-0.2, -0.15) is 15.1 Å². The molecule has 2 aromatic heterocycles. The van der Waals surface area contributed by atoms with Gasteiger partial charge in [0.1, 0.15) is 5.82 Å². The number of likely N-dealkylation sites (tertiary alicyclic amines) is 1. The van der Waals surface area contributed by atoms with Crippen LogP contribution in [-0.4, -0.2) is 54.9 Å². The lowest BCUT2D eigenvalue weighted by Crippen LogP contribution is -2.58. The maximum Gasteiger partial charge on any atom is 0.407 e. The number of fused-ring (bicyclic) bond motifs is 1. The zero-order valence-corrected chi connectivity index (χ0v) is 14.6. The van der Waals surface area contributed by atoms with Crippen molar-refractivity contribution < 1.29 is 9.90 Å². The number of hydrogen-bond donors (Lipinski definition) is 3. The maximum absolute atomic E-state index is 11.7. The number of aromatic amines is 1. The summed E-state index contributed by atoms with van der Waals surface area (Å²) in [4.78, 5) is 21.6. The number of H-pyrrole nitrogens is 1. The Kier molecular flexibility index (Phi) is 4.25. The molecule has 130 valence electrons. The third kappa shape index (κ3) is 3.10. The van der Waals surface area contributed by atoms with Gasteiger partial charge >= 0.3 is 6.09 Å². The van der Waals surface area contributed by atoms with E-state index in [9.17, 15) is 9.90 Å². The number of nitrogens with zero attached hydrogens (tertiary/aromatic N) is 4. The summed E-state index contributed by atoms with van der Waals surface area (Å²) in [6.45, 7) is 6.69. The second kappa shape index (κ2) is 6.08. The second-order valence-electron chi connectivity index (χ2n) is 7.15. The zero-order valence-electron chi connectivity index (χ0n) is 13.9. The summed E-state index contributed by atoms with van der Waals surface area (Å²) in [7, 11) is 0. The van der Waals surface area contributed by atoms with E-state index >= 15 is 0 Å². The van der Waals surface area contributed by atoms with Gasteiger partial charge in [0.25, 0.3) is 0 Å². The van der Waals surface area contributed by atoms with Gasteiger partial charge in [0.05, 0.1) is 17.6 Å². The van der Waals surface area contributed by atoms with Gasteiger partial charge in [-0.1, -0.05) is 20.8 Å². The van der Waals surface area contributed by atoms with E-state index in [1.54, 1.807) is 6.20 Å². The molecular formula is C15H21ClN6O2. The fourth-order valence-electron chi connectivity index (χ4n) is 3.53. The van der Waals surface area contributed by atoms with Gasteiger partial charge in [-0.05, 0) is 29.9 Å². The highest BCUT2D eigenvalue weighted by atomic mass is 35.5. The molecule has 0 aliphatic carbocycles. The summed E-state index contributed by atoms with van der Waals surface area (Å²) >= 11 is 5.99. The van der Waals surface area contributed by atoms with Crippen LogP contribution in [0.3, 0.4) is 0 Å². The number of aromatic nitrogens is 4. The molecule has 24 heavy (non-hydrogen) atoms. The van der Waals surface area contributed by atoms with E-state index < -0.39 is 6.09 Å². The molecule has 1 fully saturated rings. The van der Waals surface area contributed by atoms with Crippen molar-refractivity contribution in [2.75, 3.05) is 11.9 Å². The summed E-state index contributed by atoms with van der Waals surface area (Å²) in [5.41, 5.74) is 0.332. The van der Waals surface area contributed by atoms with Gasteiger partial charge in [-0.15, -0.1) is 0 Å². The van der Waals surface area contributed by atoms with Crippen molar-refractivity contribution in [1.29, 1.82) is 0 Å².